The number of nitrogens with one attached hydrogen (secondary N) is 1. The molecule has 7 heteroatoms. The molecule has 1 saturated heterocycles. The van der Waals surface area contributed by atoms with Gasteiger partial charge in [0.2, 0.25) is 0 Å². The van der Waals surface area contributed by atoms with Gasteiger partial charge in [0.1, 0.15) is 0 Å². The highest BCUT2D eigenvalue weighted by Crippen LogP contribution is 2.07. The van der Waals surface area contributed by atoms with Gasteiger partial charge in [-0.25, -0.2) is 9.59 Å². The molecule has 1 aliphatic heterocycles. The van der Waals surface area contributed by atoms with Gasteiger partial charge >= 0.3 is 12.0 Å². The molecule has 1 atom stereocenters. The van der Waals surface area contributed by atoms with Gasteiger partial charge in [0, 0.05) is 26.8 Å². The number of amides is 2. The standard InChI is InChI=1S/C11H20N2O5/c1-17-6-3-2-4-12-11(16)13-5-7-18-8-9(13)10(14)15/h9H,2-8H2,1H3,(H,12,16)(H,14,15). The number of rotatable bonds is 6. The van der Waals surface area contributed by atoms with E-state index in [0.29, 0.717) is 26.3 Å². The van der Waals surface area contributed by atoms with E-state index in [1.807, 2.05) is 0 Å². The van der Waals surface area contributed by atoms with Crippen LogP contribution in [0.4, 0.5) is 4.79 Å². The van der Waals surface area contributed by atoms with Crippen LogP contribution in [0.3, 0.4) is 0 Å². The van der Waals surface area contributed by atoms with Gasteiger partial charge in [-0.15, -0.1) is 0 Å². The third kappa shape index (κ3) is 4.50. The van der Waals surface area contributed by atoms with E-state index in [1.54, 1.807) is 7.11 Å². The summed E-state index contributed by atoms with van der Waals surface area (Å²) < 4.78 is 9.96. The van der Waals surface area contributed by atoms with Crippen molar-refractivity contribution in [2.75, 3.05) is 40.0 Å². The van der Waals surface area contributed by atoms with Crippen molar-refractivity contribution in [3.8, 4) is 0 Å². The number of carboxylic acid groups (broad SMARTS) is 1. The zero-order valence-electron chi connectivity index (χ0n) is 10.6. The maximum absolute atomic E-state index is 11.8. The molecule has 1 fully saturated rings. The maximum Gasteiger partial charge on any atom is 0.328 e. The second kappa shape index (κ2) is 7.88. The third-order valence-electron chi connectivity index (χ3n) is 2.73. The number of nitrogens with zero attached hydrogens (tertiary/aromatic N) is 1. The van der Waals surface area contributed by atoms with Gasteiger partial charge in [0.15, 0.2) is 6.04 Å². The van der Waals surface area contributed by atoms with Crippen molar-refractivity contribution in [2.45, 2.75) is 18.9 Å². The van der Waals surface area contributed by atoms with Crippen molar-refractivity contribution in [3.63, 3.8) is 0 Å². The molecule has 0 aromatic heterocycles. The summed E-state index contributed by atoms with van der Waals surface area (Å²) >= 11 is 0. The summed E-state index contributed by atoms with van der Waals surface area (Å²) in [4.78, 5) is 24.1. The molecule has 2 amide bonds. The number of morpholine rings is 1. The fourth-order valence-electron chi connectivity index (χ4n) is 1.72. The molecule has 1 heterocycles. The van der Waals surface area contributed by atoms with E-state index in [0.717, 1.165) is 12.8 Å². The summed E-state index contributed by atoms with van der Waals surface area (Å²) in [5.41, 5.74) is 0. The molecule has 0 aliphatic carbocycles. The fourth-order valence-corrected chi connectivity index (χ4v) is 1.72. The van der Waals surface area contributed by atoms with Gasteiger partial charge in [-0.2, -0.15) is 0 Å². The maximum atomic E-state index is 11.8. The molecule has 0 spiro atoms. The molecule has 0 saturated carbocycles. The Kier molecular flexibility index (Phi) is 6.45. The summed E-state index contributed by atoms with van der Waals surface area (Å²) in [5, 5.41) is 11.7. The molecule has 18 heavy (non-hydrogen) atoms. The number of ether oxygens (including phenoxy) is 2. The monoisotopic (exact) mass is 260 g/mol. The first-order valence-electron chi connectivity index (χ1n) is 6.00. The summed E-state index contributed by atoms with van der Waals surface area (Å²) in [6.45, 7) is 1.91. The number of unbranched alkanes of at least 4 members (excludes halogenated alkanes) is 1. The lowest BCUT2D eigenvalue weighted by atomic mass is 10.2. The van der Waals surface area contributed by atoms with Crippen LogP contribution in [0.2, 0.25) is 0 Å². The van der Waals surface area contributed by atoms with E-state index in [1.165, 1.54) is 4.90 Å². The van der Waals surface area contributed by atoms with E-state index in [9.17, 15) is 9.59 Å². The largest absolute Gasteiger partial charge is 0.480 e. The minimum absolute atomic E-state index is 0.0480. The highest BCUT2D eigenvalue weighted by Gasteiger charge is 2.32. The Morgan fingerprint density at radius 3 is 2.94 bits per heavy atom. The molecular weight excluding hydrogens is 240 g/mol. The number of aliphatic carboxylic acids is 1. The zero-order chi connectivity index (χ0) is 13.4. The minimum Gasteiger partial charge on any atom is -0.480 e. The Labute approximate surface area is 106 Å². The second-order valence-corrected chi connectivity index (χ2v) is 4.05. The van der Waals surface area contributed by atoms with Crippen molar-refractivity contribution in [2.24, 2.45) is 0 Å². The first-order chi connectivity index (χ1) is 8.66. The molecule has 0 aromatic carbocycles. The Morgan fingerprint density at radius 1 is 1.50 bits per heavy atom. The number of carboxylic acids is 1. The van der Waals surface area contributed by atoms with Gasteiger partial charge in [0.25, 0.3) is 0 Å². The zero-order valence-corrected chi connectivity index (χ0v) is 10.6. The average Bonchev–Trinajstić information content (AvgIpc) is 2.38. The Morgan fingerprint density at radius 2 is 2.28 bits per heavy atom. The molecule has 0 bridgehead atoms. The van der Waals surface area contributed by atoms with Gasteiger partial charge in [-0.3, -0.25) is 0 Å². The highest BCUT2D eigenvalue weighted by molar-refractivity contribution is 5.82. The summed E-state index contributed by atoms with van der Waals surface area (Å²) in [6.07, 6.45) is 1.67. The number of hydrogen-bond acceptors (Lipinski definition) is 4. The molecule has 104 valence electrons. The van der Waals surface area contributed by atoms with E-state index in [4.69, 9.17) is 14.6 Å². The molecule has 7 nitrogen and oxygen atoms in total. The molecule has 1 aliphatic rings. The minimum atomic E-state index is -1.04. The van der Waals surface area contributed by atoms with Crippen LogP contribution < -0.4 is 5.32 Å². The van der Waals surface area contributed by atoms with Crippen molar-refractivity contribution >= 4 is 12.0 Å². The number of hydrogen-bond donors (Lipinski definition) is 2. The Balaban J connectivity index is 2.32. The Hall–Kier alpha value is -1.34. The van der Waals surface area contributed by atoms with Crippen LogP contribution in [0.15, 0.2) is 0 Å². The van der Waals surface area contributed by atoms with E-state index in [-0.39, 0.29) is 12.6 Å². The topological polar surface area (TPSA) is 88.1 Å². The van der Waals surface area contributed by atoms with Crippen LogP contribution in [-0.4, -0.2) is 68.1 Å². The normalized spacial score (nSPS) is 19.6. The summed E-state index contributed by atoms with van der Waals surface area (Å²) in [5.74, 6) is -1.04. The van der Waals surface area contributed by atoms with Crippen molar-refractivity contribution in [1.29, 1.82) is 0 Å². The van der Waals surface area contributed by atoms with Crippen LogP contribution in [0.5, 0.6) is 0 Å². The summed E-state index contributed by atoms with van der Waals surface area (Å²) in [6, 6.07) is -1.24. The van der Waals surface area contributed by atoms with Gasteiger partial charge in [-0.1, -0.05) is 0 Å². The van der Waals surface area contributed by atoms with E-state index in [2.05, 4.69) is 5.32 Å². The predicted molar refractivity (Wildman–Crippen MR) is 63.5 cm³/mol. The number of carbonyl (C=O) groups excluding carboxylic acids is 1. The molecule has 2 N–H and O–H groups in total. The number of carbonyl (C=O) groups is 2. The SMILES string of the molecule is COCCCCNC(=O)N1CCOCC1C(=O)O. The van der Waals surface area contributed by atoms with E-state index >= 15 is 0 Å². The molecule has 1 unspecified atom stereocenters. The highest BCUT2D eigenvalue weighted by atomic mass is 16.5. The predicted octanol–water partition coefficient (Wildman–Crippen LogP) is -0.0920. The summed E-state index contributed by atoms with van der Waals surface area (Å²) in [7, 11) is 1.63. The lowest BCUT2D eigenvalue weighted by molar-refractivity contribution is -0.147. The lowest BCUT2D eigenvalue weighted by Crippen LogP contribution is -2.55. The first kappa shape index (κ1) is 14.7. The van der Waals surface area contributed by atoms with Crippen molar-refractivity contribution in [1.82, 2.24) is 10.2 Å². The molecule has 0 radical (unpaired) electrons. The molecule has 1 rings (SSSR count). The first-order valence-corrected chi connectivity index (χ1v) is 6.00. The van der Waals surface area contributed by atoms with Crippen LogP contribution in [0.25, 0.3) is 0 Å². The molecular formula is C11H20N2O5. The average molecular weight is 260 g/mol. The van der Waals surface area contributed by atoms with Crippen LogP contribution in [-0.2, 0) is 14.3 Å². The van der Waals surface area contributed by atoms with Crippen molar-refractivity contribution < 1.29 is 24.2 Å². The number of methoxy groups -OCH3 is 1. The number of urea groups is 1. The smallest absolute Gasteiger partial charge is 0.328 e. The Bertz CT molecular complexity index is 285. The lowest BCUT2D eigenvalue weighted by Gasteiger charge is -2.32. The van der Waals surface area contributed by atoms with Gasteiger partial charge < -0.3 is 24.8 Å². The molecule has 0 aromatic rings. The second-order valence-electron chi connectivity index (χ2n) is 4.05. The van der Waals surface area contributed by atoms with Gasteiger partial charge in [-0.05, 0) is 12.8 Å². The van der Waals surface area contributed by atoms with Gasteiger partial charge in [0.05, 0.1) is 13.2 Å². The third-order valence-corrected chi connectivity index (χ3v) is 2.73. The van der Waals surface area contributed by atoms with Crippen molar-refractivity contribution in [3.05, 3.63) is 0 Å². The fraction of sp³-hybridized carbons (Fsp3) is 0.818. The van der Waals surface area contributed by atoms with Crippen LogP contribution in [0, 0.1) is 0 Å². The quantitative estimate of drug-likeness (QED) is 0.651. The van der Waals surface area contributed by atoms with Crippen LogP contribution in [0.1, 0.15) is 12.8 Å². The van der Waals surface area contributed by atoms with E-state index < -0.39 is 12.0 Å². The van der Waals surface area contributed by atoms with Crippen LogP contribution >= 0.6 is 0 Å².